The van der Waals surface area contributed by atoms with Crippen molar-refractivity contribution in [2.45, 2.75) is 19.4 Å². The maximum atomic E-state index is 11.7. The van der Waals surface area contributed by atoms with Gasteiger partial charge in [-0.1, -0.05) is 60.1 Å². The van der Waals surface area contributed by atoms with Gasteiger partial charge in [-0.3, -0.25) is 4.79 Å². The molecule has 116 valence electrons. The normalized spacial score (nSPS) is 10.4. The third-order valence-corrected chi connectivity index (χ3v) is 3.75. The van der Waals surface area contributed by atoms with Gasteiger partial charge < -0.3 is 10.6 Å². The summed E-state index contributed by atoms with van der Waals surface area (Å²) in [5.74, 6) is 0.0718. The lowest BCUT2D eigenvalue weighted by Crippen LogP contribution is -2.29. The molecule has 2 aromatic carbocycles. The van der Waals surface area contributed by atoms with E-state index < -0.39 is 0 Å². The largest absolute Gasteiger partial charge is 0.356 e. The summed E-state index contributed by atoms with van der Waals surface area (Å²) < 4.78 is 0. The van der Waals surface area contributed by atoms with Gasteiger partial charge in [0, 0.05) is 31.1 Å². The zero-order valence-corrected chi connectivity index (χ0v) is 13.3. The van der Waals surface area contributed by atoms with E-state index >= 15 is 0 Å². The Morgan fingerprint density at radius 3 is 2.45 bits per heavy atom. The second kappa shape index (κ2) is 9.23. The molecular formula is C18H21ClN2O. The summed E-state index contributed by atoms with van der Waals surface area (Å²) in [5.41, 5.74) is 2.29. The third kappa shape index (κ3) is 5.88. The molecule has 0 saturated carbocycles. The minimum atomic E-state index is 0.0718. The molecule has 0 radical (unpaired) electrons. The molecular weight excluding hydrogens is 296 g/mol. The van der Waals surface area contributed by atoms with E-state index in [1.54, 1.807) is 0 Å². The summed E-state index contributed by atoms with van der Waals surface area (Å²) in [5, 5.41) is 6.92. The Kier molecular flexibility index (Phi) is 6.94. The van der Waals surface area contributed by atoms with E-state index in [-0.39, 0.29) is 5.91 Å². The Balaban J connectivity index is 1.57. The summed E-state index contributed by atoms with van der Waals surface area (Å²) in [6, 6.07) is 17.9. The van der Waals surface area contributed by atoms with Crippen LogP contribution < -0.4 is 10.6 Å². The molecule has 0 heterocycles. The summed E-state index contributed by atoms with van der Waals surface area (Å²) in [4.78, 5) is 11.7. The summed E-state index contributed by atoms with van der Waals surface area (Å²) in [7, 11) is 0. The maximum Gasteiger partial charge on any atom is 0.221 e. The Morgan fingerprint density at radius 2 is 1.68 bits per heavy atom. The van der Waals surface area contributed by atoms with Gasteiger partial charge in [-0.15, -0.1) is 0 Å². The lowest BCUT2D eigenvalue weighted by molar-refractivity contribution is -0.120. The average Bonchev–Trinajstić information content (AvgIpc) is 2.54. The quantitative estimate of drug-likeness (QED) is 0.734. The van der Waals surface area contributed by atoms with Crippen LogP contribution in [0.3, 0.4) is 0 Å². The van der Waals surface area contributed by atoms with Gasteiger partial charge in [-0.25, -0.2) is 0 Å². The molecule has 0 unspecified atom stereocenters. The zero-order chi connectivity index (χ0) is 15.6. The number of hydrogen-bond acceptors (Lipinski definition) is 2. The number of rotatable bonds is 8. The van der Waals surface area contributed by atoms with Crippen LogP contribution in [0, 0.1) is 0 Å². The maximum absolute atomic E-state index is 11.7. The Hall–Kier alpha value is -1.84. The van der Waals surface area contributed by atoms with Gasteiger partial charge >= 0.3 is 0 Å². The molecule has 2 aromatic rings. The molecule has 4 heteroatoms. The molecule has 0 atom stereocenters. The monoisotopic (exact) mass is 316 g/mol. The topological polar surface area (TPSA) is 41.1 Å². The first-order valence-electron chi connectivity index (χ1n) is 7.50. The smallest absolute Gasteiger partial charge is 0.221 e. The van der Waals surface area contributed by atoms with E-state index in [1.807, 2.05) is 42.5 Å². The van der Waals surface area contributed by atoms with E-state index in [2.05, 4.69) is 22.8 Å². The fourth-order valence-corrected chi connectivity index (χ4v) is 2.35. The fourth-order valence-electron chi connectivity index (χ4n) is 2.15. The number of halogens is 1. The molecule has 2 N–H and O–H groups in total. The first-order valence-corrected chi connectivity index (χ1v) is 7.88. The van der Waals surface area contributed by atoms with Crippen molar-refractivity contribution in [1.82, 2.24) is 10.6 Å². The van der Waals surface area contributed by atoms with Gasteiger partial charge in [-0.05, 0) is 23.6 Å². The van der Waals surface area contributed by atoms with Crippen LogP contribution in [-0.4, -0.2) is 19.0 Å². The Bertz CT molecular complexity index is 587. The number of hydrogen-bond donors (Lipinski definition) is 2. The first-order chi connectivity index (χ1) is 10.8. The highest BCUT2D eigenvalue weighted by Gasteiger charge is 2.02. The van der Waals surface area contributed by atoms with Crippen molar-refractivity contribution in [3.8, 4) is 0 Å². The van der Waals surface area contributed by atoms with E-state index in [9.17, 15) is 4.79 Å². The molecule has 0 aliphatic heterocycles. The van der Waals surface area contributed by atoms with Gasteiger partial charge in [0.2, 0.25) is 5.91 Å². The standard InChI is InChI=1S/C18H21ClN2O/c19-17-9-5-4-8-16(17)14-20-12-11-18(22)21-13-10-15-6-2-1-3-7-15/h1-9,20H,10-14H2,(H,21,22). The number of carbonyl (C=O) groups is 1. The molecule has 2 rings (SSSR count). The van der Waals surface area contributed by atoms with E-state index in [0.29, 0.717) is 26.1 Å². The molecule has 3 nitrogen and oxygen atoms in total. The fraction of sp³-hybridized carbons (Fsp3) is 0.278. The van der Waals surface area contributed by atoms with Gasteiger partial charge in [0.1, 0.15) is 0 Å². The predicted octanol–water partition coefficient (Wildman–Crippen LogP) is 3.18. The van der Waals surface area contributed by atoms with Gasteiger partial charge in [0.05, 0.1) is 0 Å². The Labute approximate surface area is 136 Å². The summed E-state index contributed by atoms with van der Waals surface area (Å²) in [6.45, 7) is 1.99. The number of nitrogens with one attached hydrogen (secondary N) is 2. The zero-order valence-electron chi connectivity index (χ0n) is 12.5. The SMILES string of the molecule is O=C(CCNCc1ccccc1Cl)NCCc1ccccc1. The van der Waals surface area contributed by atoms with Crippen molar-refractivity contribution >= 4 is 17.5 Å². The van der Waals surface area contributed by atoms with Crippen molar-refractivity contribution in [3.63, 3.8) is 0 Å². The van der Waals surface area contributed by atoms with Crippen LogP contribution in [0.15, 0.2) is 54.6 Å². The van der Waals surface area contributed by atoms with Crippen LogP contribution >= 0.6 is 11.6 Å². The van der Waals surface area contributed by atoms with Crippen molar-refractivity contribution in [1.29, 1.82) is 0 Å². The van der Waals surface area contributed by atoms with Crippen LogP contribution in [0.2, 0.25) is 5.02 Å². The van der Waals surface area contributed by atoms with Gasteiger partial charge in [0.15, 0.2) is 0 Å². The second-order valence-corrected chi connectivity index (χ2v) is 5.51. The number of carbonyl (C=O) groups excluding carboxylic acids is 1. The van der Waals surface area contributed by atoms with Gasteiger partial charge in [-0.2, -0.15) is 0 Å². The molecule has 0 spiro atoms. The number of benzene rings is 2. The van der Waals surface area contributed by atoms with E-state index in [4.69, 9.17) is 11.6 Å². The third-order valence-electron chi connectivity index (χ3n) is 3.38. The first kappa shape index (κ1) is 16.5. The average molecular weight is 317 g/mol. The van der Waals surface area contributed by atoms with Crippen LogP contribution in [0.4, 0.5) is 0 Å². The highest BCUT2D eigenvalue weighted by atomic mass is 35.5. The number of amides is 1. The van der Waals surface area contributed by atoms with Crippen LogP contribution in [0.5, 0.6) is 0 Å². The lowest BCUT2D eigenvalue weighted by atomic mass is 10.1. The molecule has 0 bridgehead atoms. The molecule has 0 fully saturated rings. The second-order valence-electron chi connectivity index (χ2n) is 5.10. The minimum absolute atomic E-state index is 0.0718. The summed E-state index contributed by atoms with van der Waals surface area (Å²) >= 11 is 6.07. The van der Waals surface area contributed by atoms with Crippen LogP contribution in [0.1, 0.15) is 17.5 Å². The molecule has 0 aliphatic carbocycles. The summed E-state index contributed by atoms with van der Waals surface area (Å²) in [6.07, 6.45) is 1.33. The predicted molar refractivity (Wildman–Crippen MR) is 90.9 cm³/mol. The van der Waals surface area contributed by atoms with Crippen molar-refractivity contribution in [3.05, 3.63) is 70.7 Å². The van der Waals surface area contributed by atoms with Crippen molar-refractivity contribution in [2.75, 3.05) is 13.1 Å². The Morgan fingerprint density at radius 1 is 0.955 bits per heavy atom. The van der Waals surface area contributed by atoms with Crippen molar-refractivity contribution < 1.29 is 4.79 Å². The van der Waals surface area contributed by atoms with Crippen LogP contribution in [-0.2, 0) is 17.8 Å². The van der Waals surface area contributed by atoms with Gasteiger partial charge in [0.25, 0.3) is 0 Å². The molecule has 22 heavy (non-hydrogen) atoms. The molecule has 0 saturated heterocycles. The van der Waals surface area contributed by atoms with E-state index in [0.717, 1.165) is 17.0 Å². The molecule has 0 aromatic heterocycles. The molecule has 0 aliphatic rings. The molecule has 1 amide bonds. The van der Waals surface area contributed by atoms with E-state index in [1.165, 1.54) is 5.56 Å². The minimum Gasteiger partial charge on any atom is -0.356 e. The highest BCUT2D eigenvalue weighted by Crippen LogP contribution is 2.14. The lowest BCUT2D eigenvalue weighted by Gasteiger charge is -2.07. The van der Waals surface area contributed by atoms with Crippen LogP contribution in [0.25, 0.3) is 0 Å². The highest BCUT2D eigenvalue weighted by molar-refractivity contribution is 6.31. The van der Waals surface area contributed by atoms with Crippen molar-refractivity contribution in [2.24, 2.45) is 0 Å².